The van der Waals surface area contributed by atoms with Crippen LogP contribution >= 0.6 is 0 Å². The van der Waals surface area contributed by atoms with Crippen LogP contribution in [0.15, 0.2) is 42.5 Å². The Kier molecular flexibility index (Phi) is 5.18. The van der Waals surface area contributed by atoms with Gasteiger partial charge in [-0.3, -0.25) is 9.59 Å². The Morgan fingerprint density at radius 3 is 2.64 bits per heavy atom. The maximum absolute atomic E-state index is 12.1. The molecule has 0 spiro atoms. The number of methoxy groups -OCH3 is 1. The summed E-state index contributed by atoms with van der Waals surface area (Å²) in [6.45, 7) is 0.972. The third-order valence-corrected chi connectivity index (χ3v) is 3.92. The van der Waals surface area contributed by atoms with Gasteiger partial charge in [0.05, 0.1) is 19.4 Å². The maximum atomic E-state index is 12.1. The fourth-order valence-electron chi connectivity index (χ4n) is 2.62. The molecule has 0 saturated heterocycles. The summed E-state index contributed by atoms with van der Waals surface area (Å²) in [5.74, 6) is 2.01. The summed E-state index contributed by atoms with van der Waals surface area (Å²) < 4.78 is 16.2. The number of fused-ring (bicyclic) bond motifs is 1. The Morgan fingerprint density at radius 1 is 1.16 bits per heavy atom. The van der Waals surface area contributed by atoms with E-state index >= 15 is 0 Å². The number of rotatable bonds is 7. The number of anilines is 1. The molecule has 1 aliphatic rings. The summed E-state index contributed by atoms with van der Waals surface area (Å²) in [6, 6.07) is 12.4. The van der Waals surface area contributed by atoms with Crippen molar-refractivity contribution >= 4 is 17.9 Å². The number of nitrogens with zero attached hydrogens (tertiary/aromatic N) is 1. The molecular weight excluding hydrogens is 322 g/mol. The van der Waals surface area contributed by atoms with Crippen LogP contribution < -0.4 is 19.1 Å². The van der Waals surface area contributed by atoms with Crippen LogP contribution in [0.4, 0.5) is 5.69 Å². The third-order valence-electron chi connectivity index (χ3n) is 3.92. The minimum Gasteiger partial charge on any atom is -0.497 e. The first-order valence-corrected chi connectivity index (χ1v) is 8.00. The highest BCUT2D eigenvalue weighted by atomic mass is 16.5. The highest BCUT2D eigenvalue weighted by molar-refractivity contribution is 5.98. The van der Waals surface area contributed by atoms with E-state index in [1.807, 2.05) is 24.3 Å². The molecule has 2 aromatic rings. The van der Waals surface area contributed by atoms with E-state index in [-0.39, 0.29) is 12.5 Å². The Hall–Kier alpha value is -3.02. The molecule has 0 saturated carbocycles. The van der Waals surface area contributed by atoms with Crippen molar-refractivity contribution in [2.45, 2.75) is 6.42 Å². The number of hydrogen-bond donors (Lipinski definition) is 0. The minimum atomic E-state index is -0.125. The molecule has 0 bridgehead atoms. The lowest BCUT2D eigenvalue weighted by atomic mass is 10.1. The lowest BCUT2D eigenvalue weighted by molar-refractivity contribution is -0.121. The molecule has 0 atom stereocenters. The quantitative estimate of drug-likeness (QED) is 0.572. The Morgan fingerprint density at radius 2 is 1.92 bits per heavy atom. The second-order valence-corrected chi connectivity index (χ2v) is 5.56. The maximum Gasteiger partial charge on any atom is 0.265 e. The van der Waals surface area contributed by atoms with Gasteiger partial charge in [0.25, 0.3) is 5.91 Å². The van der Waals surface area contributed by atoms with Gasteiger partial charge in [0.15, 0.2) is 6.61 Å². The second-order valence-electron chi connectivity index (χ2n) is 5.56. The van der Waals surface area contributed by atoms with Crippen molar-refractivity contribution in [1.82, 2.24) is 0 Å². The van der Waals surface area contributed by atoms with E-state index in [9.17, 15) is 9.59 Å². The predicted octanol–water partition coefficient (Wildman–Crippen LogP) is 2.70. The van der Waals surface area contributed by atoms with E-state index in [1.165, 1.54) is 0 Å². The SMILES string of the molecule is COc1ccc(OCCCN2C(=O)COc3ccc(C=O)cc32)cc1. The van der Waals surface area contributed by atoms with Gasteiger partial charge in [0, 0.05) is 12.1 Å². The topological polar surface area (TPSA) is 65.1 Å². The number of carbonyl (C=O) groups excluding carboxylic acids is 2. The number of ether oxygens (including phenoxy) is 3. The summed E-state index contributed by atoms with van der Waals surface area (Å²) in [7, 11) is 1.61. The largest absolute Gasteiger partial charge is 0.497 e. The van der Waals surface area contributed by atoms with Gasteiger partial charge in [-0.15, -0.1) is 0 Å². The first kappa shape index (κ1) is 16.8. The van der Waals surface area contributed by atoms with Gasteiger partial charge in [0.2, 0.25) is 0 Å². The molecule has 0 unspecified atom stereocenters. The zero-order valence-electron chi connectivity index (χ0n) is 13.9. The lowest BCUT2D eigenvalue weighted by Gasteiger charge is -2.29. The molecule has 0 fully saturated rings. The van der Waals surface area contributed by atoms with Crippen molar-refractivity contribution in [3.63, 3.8) is 0 Å². The smallest absolute Gasteiger partial charge is 0.265 e. The average Bonchev–Trinajstić information content (AvgIpc) is 2.66. The molecule has 0 aromatic heterocycles. The van der Waals surface area contributed by atoms with Crippen LogP contribution in [0.3, 0.4) is 0 Å². The van der Waals surface area contributed by atoms with Crippen LogP contribution in [-0.2, 0) is 4.79 Å². The minimum absolute atomic E-state index is 0.00672. The van der Waals surface area contributed by atoms with E-state index in [1.54, 1.807) is 30.2 Å². The Balaban J connectivity index is 1.59. The number of carbonyl (C=O) groups is 2. The zero-order chi connectivity index (χ0) is 17.6. The van der Waals surface area contributed by atoms with Gasteiger partial charge < -0.3 is 19.1 Å². The van der Waals surface area contributed by atoms with Crippen LogP contribution in [-0.4, -0.2) is 39.1 Å². The van der Waals surface area contributed by atoms with Crippen LogP contribution in [0.5, 0.6) is 17.2 Å². The van der Waals surface area contributed by atoms with Crippen molar-refractivity contribution in [1.29, 1.82) is 0 Å². The highest BCUT2D eigenvalue weighted by Gasteiger charge is 2.25. The number of amides is 1. The molecule has 6 nitrogen and oxygen atoms in total. The molecular formula is C19H19NO5. The molecule has 0 N–H and O–H groups in total. The van der Waals surface area contributed by atoms with E-state index in [4.69, 9.17) is 14.2 Å². The second kappa shape index (κ2) is 7.70. The van der Waals surface area contributed by atoms with E-state index in [0.717, 1.165) is 17.8 Å². The third kappa shape index (κ3) is 3.91. The number of hydrogen-bond acceptors (Lipinski definition) is 5. The van der Waals surface area contributed by atoms with Gasteiger partial charge in [-0.2, -0.15) is 0 Å². The predicted molar refractivity (Wildman–Crippen MR) is 92.8 cm³/mol. The molecule has 6 heteroatoms. The molecule has 1 amide bonds. The lowest BCUT2D eigenvalue weighted by Crippen LogP contribution is -2.39. The fraction of sp³-hybridized carbons (Fsp3) is 0.263. The summed E-state index contributed by atoms with van der Waals surface area (Å²) in [6.07, 6.45) is 1.41. The zero-order valence-corrected chi connectivity index (χ0v) is 13.9. The molecule has 130 valence electrons. The monoisotopic (exact) mass is 341 g/mol. The van der Waals surface area contributed by atoms with Crippen LogP contribution in [0.25, 0.3) is 0 Å². The fourth-order valence-corrected chi connectivity index (χ4v) is 2.62. The average molecular weight is 341 g/mol. The molecule has 25 heavy (non-hydrogen) atoms. The van der Waals surface area contributed by atoms with Crippen molar-refractivity contribution < 1.29 is 23.8 Å². The standard InChI is InChI=1S/C19H19NO5/c1-23-15-4-6-16(7-5-15)24-10-2-9-20-17-11-14(12-21)3-8-18(17)25-13-19(20)22/h3-8,11-12H,2,9-10,13H2,1H3. The first-order valence-electron chi connectivity index (χ1n) is 8.00. The molecule has 1 aliphatic heterocycles. The first-order chi connectivity index (χ1) is 12.2. The number of aldehydes is 1. The van der Waals surface area contributed by atoms with Crippen LogP contribution in [0.2, 0.25) is 0 Å². The highest BCUT2D eigenvalue weighted by Crippen LogP contribution is 2.32. The van der Waals surface area contributed by atoms with Crippen molar-refractivity contribution in [3.05, 3.63) is 48.0 Å². The summed E-state index contributed by atoms with van der Waals surface area (Å²) in [5, 5.41) is 0. The summed E-state index contributed by atoms with van der Waals surface area (Å²) >= 11 is 0. The molecule has 3 rings (SSSR count). The number of benzene rings is 2. The van der Waals surface area contributed by atoms with Crippen LogP contribution in [0, 0.1) is 0 Å². The Bertz CT molecular complexity index is 757. The van der Waals surface area contributed by atoms with E-state index < -0.39 is 0 Å². The Labute approximate surface area is 145 Å². The van der Waals surface area contributed by atoms with Gasteiger partial charge in [0.1, 0.15) is 23.5 Å². The van der Waals surface area contributed by atoms with Crippen molar-refractivity contribution in [3.8, 4) is 17.2 Å². The van der Waals surface area contributed by atoms with Gasteiger partial charge >= 0.3 is 0 Å². The van der Waals surface area contributed by atoms with E-state index in [2.05, 4.69) is 0 Å². The van der Waals surface area contributed by atoms with Crippen molar-refractivity contribution in [2.75, 3.05) is 31.8 Å². The molecule has 1 heterocycles. The molecule has 0 aliphatic carbocycles. The molecule has 2 aromatic carbocycles. The van der Waals surface area contributed by atoms with Gasteiger partial charge in [-0.05, 0) is 48.9 Å². The van der Waals surface area contributed by atoms with Gasteiger partial charge in [-0.1, -0.05) is 0 Å². The van der Waals surface area contributed by atoms with E-state index in [0.29, 0.717) is 36.6 Å². The summed E-state index contributed by atoms with van der Waals surface area (Å²) in [4.78, 5) is 24.8. The summed E-state index contributed by atoms with van der Waals surface area (Å²) in [5.41, 5.74) is 1.14. The molecule has 0 radical (unpaired) electrons. The van der Waals surface area contributed by atoms with Gasteiger partial charge in [-0.25, -0.2) is 0 Å². The normalized spacial score (nSPS) is 13.0. The van der Waals surface area contributed by atoms with Crippen molar-refractivity contribution in [2.24, 2.45) is 0 Å². The van der Waals surface area contributed by atoms with Crippen LogP contribution in [0.1, 0.15) is 16.8 Å².